The number of para-hydroxylation sites is 1. The van der Waals surface area contributed by atoms with Crippen molar-refractivity contribution in [3.05, 3.63) is 76.4 Å². The number of aryl methyl sites for hydroxylation is 1. The predicted molar refractivity (Wildman–Crippen MR) is 88.8 cm³/mol. The summed E-state index contributed by atoms with van der Waals surface area (Å²) in [6.45, 7) is 2.01. The van der Waals surface area contributed by atoms with Crippen molar-refractivity contribution in [2.24, 2.45) is 0 Å². The molecule has 1 N–H and O–H groups in total. The van der Waals surface area contributed by atoms with Crippen LogP contribution in [0.1, 0.15) is 22.7 Å². The molecule has 3 aromatic rings. The summed E-state index contributed by atoms with van der Waals surface area (Å²) in [7, 11) is 1.95. The summed E-state index contributed by atoms with van der Waals surface area (Å²) in [4.78, 5) is 4.54. The molecule has 0 spiro atoms. The minimum Gasteiger partial charge on any atom is -0.309 e. The number of fused-ring (bicyclic) bond motifs is 1. The van der Waals surface area contributed by atoms with Gasteiger partial charge in [0.1, 0.15) is 0 Å². The van der Waals surface area contributed by atoms with Gasteiger partial charge in [0.2, 0.25) is 0 Å². The van der Waals surface area contributed by atoms with Crippen LogP contribution in [0.2, 0.25) is 5.02 Å². The van der Waals surface area contributed by atoms with Gasteiger partial charge in [-0.05, 0) is 48.9 Å². The zero-order valence-electron chi connectivity index (χ0n) is 12.1. The molecular formula is C18H17ClN2. The molecule has 2 aromatic carbocycles. The highest BCUT2D eigenvalue weighted by Crippen LogP contribution is 2.27. The average molecular weight is 297 g/mol. The van der Waals surface area contributed by atoms with Crippen LogP contribution in [0.4, 0.5) is 0 Å². The van der Waals surface area contributed by atoms with Gasteiger partial charge in [0.15, 0.2) is 0 Å². The standard InChI is InChI=1S/C18H17ClN2/c1-12-7-8-14(10-16(12)19)18(20-2)15-9-13-5-3-4-6-17(13)21-11-15/h3-11,18,20H,1-2H3. The van der Waals surface area contributed by atoms with E-state index in [1.54, 1.807) is 0 Å². The molecule has 0 aliphatic rings. The maximum atomic E-state index is 6.25. The number of hydrogen-bond acceptors (Lipinski definition) is 2. The third-order valence-corrected chi connectivity index (χ3v) is 4.17. The van der Waals surface area contributed by atoms with Gasteiger partial charge in [0, 0.05) is 16.6 Å². The Morgan fingerprint density at radius 2 is 1.86 bits per heavy atom. The van der Waals surface area contributed by atoms with Crippen LogP contribution < -0.4 is 5.32 Å². The van der Waals surface area contributed by atoms with E-state index in [1.807, 2.05) is 44.4 Å². The van der Waals surface area contributed by atoms with Crippen molar-refractivity contribution in [3.63, 3.8) is 0 Å². The van der Waals surface area contributed by atoms with Crippen molar-refractivity contribution < 1.29 is 0 Å². The van der Waals surface area contributed by atoms with Gasteiger partial charge < -0.3 is 5.32 Å². The Morgan fingerprint density at radius 1 is 1.05 bits per heavy atom. The molecule has 1 unspecified atom stereocenters. The molecule has 0 saturated heterocycles. The zero-order chi connectivity index (χ0) is 14.8. The van der Waals surface area contributed by atoms with E-state index >= 15 is 0 Å². The van der Waals surface area contributed by atoms with E-state index < -0.39 is 0 Å². The predicted octanol–water partition coefficient (Wildman–Crippen LogP) is 4.51. The summed E-state index contributed by atoms with van der Waals surface area (Å²) in [6.07, 6.45) is 1.93. The first-order valence-corrected chi connectivity index (χ1v) is 7.35. The highest BCUT2D eigenvalue weighted by atomic mass is 35.5. The van der Waals surface area contributed by atoms with Crippen LogP contribution in [0.3, 0.4) is 0 Å². The molecule has 106 valence electrons. The Kier molecular flexibility index (Phi) is 3.91. The number of halogens is 1. The normalized spacial score (nSPS) is 12.5. The van der Waals surface area contributed by atoms with Gasteiger partial charge in [-0.15, -0.1) is 0 Å². The van der Waals surface area contributed by atoms with Crippen LogP contribution >= 0.6 is 11.6 Å². The Bertz CT molecular complexity index is 783. The fourth-order valence-electron chi connectivity index (χ4n) is 2.56. The first kappa shape index (κ1) is 14.1. The second kappa shape index (κ2) is 5.84. The monoisotopic (exact) mass is 296 g/mol. The van der Waals surface area contributed by atoms with Crippen LogP contribution in [0.15, 0.2) is 54.7 Å². The Balaban J connectivity index is 2.06. The number of rotatable bonds is 3. The lowest BCUT2D eigenvalue weighted by atomic mass is 9.98. The highest BCUT2D eigenvalue weighted by molar-refractivity contribution is 6.31. The summed E-state index contributed by atoms with van der Waals surface area (Å²) in [5, 5.41) is 5.29. The molecule has 0 aliphatic carbocycles. The van der Waals surface area contributed by atoms with Crippen molar-refractivity contribution in [3.8, 4) is 0 Å². The molecule has 1 aromatic heterocycles. The molecule has 0 bridgehead atoms. The van der Waals surface area contributed by atoms with Crippen LogP contribution in [0.5, 0.6) is 0 Å². The van der Waals surface area contributed by atoms with Crippen molar-refractivity contribution in [2.45, 2.75) is 13.0 Å². The van der Waals surface area contributed by atoms with E-state index in [9.17, 15) is 0 Å². The molecule has 21 heavy (non-hydrogen) atoms. The molecule has 3 heteroatoms. The van der Waals surface area contributed by atoms with E-state index in [-0.39, 0.29) is 6.04 Å². The number of pyridine rings is 1. The van der Waals surface area contributed by atoms with Crippen molar-refractivity contribution in [1.29, 1.82) is 0 Å². The van der Waals surface area contributed by atoms with Crippen molar-refractivity contribution >= 4 is 22.5 Å². The zero-order valence-corrected chi connectivity index (χ0v) is 12.9. The summed E-state index contributed by atoms with van der Waals surface area (Å²) in [6, 6.07) is 16.6. The summed E-state index contributed by atoms with van der Waals surface area (Å²) >= 11 is 6.25. The van der Waals surface area contributed by atoms with E-state index in [1.165, 1.54) is 0 Å². The van der Waals surface area contributed by atoms with Gasteiger partial charge in [-0.3, -0.25) is 4.98 Å². The molecule has 0 radical (unpaired) electrons. The van der Waals surface area contributed by atoms with Crippen molar-refractivity contribution in [1.82, 2.24) is 10.3 Å². The molecule has 1 atom stereocenters. The van der Waals surface area contributed by atoms with Gasteiger partial charge in [-0.1, -0.05) is 41.9 Å². The second-order valence-corrected chi connectivity index (χ2v) is 5.60. The first-order valence-electron chi connectivity index (χ1n) is 6.97. The molecule has 1 heterocycles. The number of benzene rings is 2. The fraction of sp³-hybridized carbons (Fsp3) is 0.167. The molecule has 3 rings (SSSR count). The summed E-state index contributed by atoms with van der Waals surface area (Å²) in [5.74, 6) is 0. The van der Waals surface area contributed by atoms with Crippen LogP contribution in [-0.2, 0) is 0 Å². The van der Waals surface area contributed by atoms with Crippen LogP contribution in [-0.4, -0.2) is 12.0 Å². The largest absolute Gasteiger partial charge is 0.309 e. The van der Waals surface area contributed by atoms with Crippen molar-refractivity contribution in [2.75, 3.05) is 7.05 Å². The Labute approximate surface area is 129 Å². The molecule has 0 fully saturated rings. The SMILES string of the molecule is CNC(c1ccc(C)c(Cl)c1)c1cnc2ccccc2c1. The maximum Gasteiger partial charge on any atom is 0.0702 e. The molecule has 2 nitrogen and oxygen atoms in total. The minimum absolute atomic E-state index is 0.0835. The quantitative estimate of drug-likeness (QED) is 0.769. The third-order valence-electron chi connectivity index (χ3n) is 3.76. The third kappa shape index (κ3) is 2.78. The lowest BCUT2D eigenvalue weighted by Gasteiger charge is -2.18. The number of nitrogens with zero attached hydrogens (tertiary/aromatic N) is 1. The fourth-order valence-corrected chi connectivity index (χ4v) is 2.75. The average Bonchev–Trinajstić information content (AvgIpc) is 2.51. The summed E-state index contributed by atoms with van der Waals surface area (Å²) in [5.41, 5.74) is 4.38. The van der Waals surface area contributed by atoms with E-state index in [0.717, 1.165) is 32.6 Å². The van der Waals surface area contributed by atoms with Gasteiger partial charge >= 0.3 is 0 Å². The number of nitrogens with one attached hydrogen (secondary N) is 1. The Morgan fingerprint density at radius 3 is 2.62 bits per heavy atom. The van der Waals surface area contributed by atoms with Gasteiger partial charge in [-0.2, -0.15) is 0 Å². The molecule has 0 aliphatic heterocycles. The topological polar surface area (TPSA) is 24.9 Å². The van der Waals surface area contributed by atoms with E-state index in [0.29, 0.717) is 0 Å². The second-order valence-electron chi connectivity index (χ2n) is 5.19. The first-order chi connectivity index (χ1) is 10.2. The smallest absolute Gasteiger partial charge is 0.0702 e. The lowest BCUT2D eigenvalue weighted by molar-refractivity contribution is 0.690. The van der Waals surface area contributed by atoms with E-state index in [4.69, 9.17) is 11.6 Å². The number of aromatic nitrogens is 1. The molecular weight excluding hydrogens is 280 g/mol. The number of hydrogen-bond donors (Lipinski definition) is 1. The Hall–Kier alpha value is -1.90. The van der Waals surface area contributed by atoms with Gasteiger partial charge in [0.25, 0.3) is 0 Å². The van der Waals surface area contributed by atoms with Gasteiger partial charge in [0.05, 0.1) is 11.6 Å². The summed E-state index contributed by atoms with van der Waals surface area (Å²) < 4.78 is 0. The molecule has 0 saturated carbocycles. The van der Waals surface area contributed by atoms with E-state index in [2.05, 4.69) is 34.6 Å². The molecule has 0 amide bonds. The minimum atomic E-state index is 0.0835. The van der Waals surface area contributed by atoms with Crippen LogP contribution in [0.25, 0.3) is 10.9 Å². The maximum absolute atomic E-state index is 6.25. The lowest BCUT2D eigenvalue weighted by Crippen LogP contribution is -2.18. The van der Waals surface area contributed by atoms with Crippen LogP contribution in [0, 0.1) is 6.92 Å². The highest BCUT2D eigenvalue weighted by Gasteiger charge is 2.14. The van der Waals surface area contributed by atoms with Gasteiger partial charge in [-0.25, -0.2) is 0 Å².